The quantitative estimate of drug-likeness (QED) is 0.784. The summed E-state index contributed by atoms with van der Waals surface area (Å²) in [5.74, 6) is -0.568. The lowest BCUT2D eigenvalue weighted by atomic mass is 10.2. The number of amidine groups is 1. The number of aliphatic imine (C=N–C) groups is 1. The molecular formula is C19H17ClN4O3S. The van der Waals surface area contributed by atoms with Crippen molar-refractivity contribution < 1.29 is 14.4 Å². The molecule has 0 radical (unpaired) electrons. The van der Waals surface area contributed by atoms with E-state index in [9.17, 15) is 14.4 Å². The van der Waals surface area contributed by atoms with Gasteiger partial charge >= 0.3 is 0 Å². The van der Waals surface area contributed by atoms with Gasteiger partial charge in [0.2, 0.25) is 5.91 Å². The van der Waals surface area contributed by atoms with Gasteiger partial charge in [0.25, 0.3) is 11.8 Å². The lowest BCUT2D eigenvalue weighted by molar-refractivity contribution is -0.116. The Morgan fingerprint density at radius 1 is 1.18 bits per heavy atom. The number of anilines is 2. The van der Waals surface area contributed by atoms with Gasteiger partial charge in [-0.05, 0) is 36.4 Å². The maximum Gasteiger partial charge on any atom is 0.254 e. The van der Waals surface area contributed by atoms with E-state index in [2.05, 4.69) is 15.6 Å². The minimum Gasteiger partial charge on any atom is -0.355 e. The number of benzene rings is 2. The van der Waals surface area contributed by atoms with E-state index >= 15 is 0 Å². The van der Waals surface area contributed by atoms with Crippen molar-refractivity contribution >= 4 is 57.6 Å². The van der Waals surface area contributed by atoms with Crippen molar-refractivity contribution in [2.45, 2.75) is 0 Å². The number of nitrogens with one attached hydrogen (secondary N) is 2. The van der Waals surface area contributed by atoms with E-state index in [1.165, 1.54) is 4.90 Å². The highest BCUT2D eigenvalue weighted by molar-refractivity contribution is 8.14. The number of para-hydroxylation sites is 1. The van der Waals surface area contributed by atoms with Crippen LogP contribution in [-0.2, 0) is 9.59 Å². The molecule has 0 aromatic heterocycles. The van der Waals surface area contributed by atoms with Crippen LogP contribution in [0.1, 0.15) is 10.4 Å². The number of hydrogen-bond acceptors (Lipinski definition) is 5. The molecule has 28 heavy (non-hydrogen) atoms. The molecule has 144 valence electrons. The van der Waals surface area contributed by atoms with Crippen molar-refractivity contribution in [2.24, 2.45) is 4.99 Å². The molecule has 0 aliphatic carbocycles. The molecule has 7 nitrogen and oxygen atoms in total. The van der Waals surface area contributed by atoms with Crippen molar-refractivity contribution in [1.82, 2.24) is 5.32 Å². The summed E-state index contributed by atoms with van der Waals surface area (Å²) in [6, 6.07) is 13.5. The smallest absolute Gasteiger partial charge is 0.254 e. The zero-order valence-electron chi connectivity index (χ0n) is 14.9. The van der Waals surface area contributed by atoms with E-state index in [0.717, 1.165) is 11.8 Å². The number of nitrogens with zero attached hydrogens (tertiary/aromatic N) is 2. The third-order valence-corrected chi connectivity index (χ3v) is 5.17. The summed E-state index contributed by atoms with van der Waals surface area (Å²) in [5, 5.41) is 6.16. The Hall–Kier alpha value is -2.84. The monoisotopic (exact) mass is 416 g/mol. The Bertz CT molecular complexity index is 946. The van der Waals surface area contributed by atoms with E-state index in [1.807, 2.05) is 0 Å². The van der Waals surface area contributed by atoms with Gasteiger partial charge in [0, 0.05) is 18.3 Å². The minimum atomic E-state index is -0.251. The molecule has 0 fully saturated rings. The molecule has 3 amide bonds. The van der Waals surface area contributed by atoms with Gasteiger partial charge < -0.3 is 10.6 Å². The van der Waals surface area contributed by atoms with Crippen LogP contribution in [0.25, 0.3) is 0 Å². The molecule has 3 rings (SSSR count). The van der Waals surface area contributed by atoms with Gasteiger partial charge in [0.05, 0.1) is 16.5 Å². The maximum absolute atomic E-state index is 12.2. The molecular weight excluding hydrogens is 400 g/mol. The molecule has 0 atom stereocenters. The highest BCUT2D eigenvalue weighted by Gasteiger charge is 2.29. The van der Waals surface area contributed by atoms with Gasteiger partial charge in [-0.25, -0.2) is 0 Å². The SMILES string of the molecule is CNC(=O)c1ccc(NC(=O)CSC2=NCC(=O)N2c2ccccc2Cl)cc1. The average molecular weight is 417 g/mol. The van der Waals surface area contributed by atoms with E-state index in [0.29, 0.717) is 27.1 Å². The van der Waals surface area contributed by atoms with Gasteiger partial charge in [0.1, 0.15) is 6.54 Å². The number of rotatable bonds is 5. The first-order valence-electron chi connectivity index (χ1n) is 8.36. The van der Waals surface area contributed by atoms with Crippen LogP contribution in [0, 0.1) is 0 Å². The fourth-order valence-electron chi connectivity index (χ4n) is 2.54. The first-order valence-corrected chi connectivity index (χ1v) is 9.72. The first-order chi connectivity index (χ1) is 13.5. The molecule has 0 bridgehead atoms. The summed E-state index contributed by atoms with van der Waals surface area (Å²) in [7, 11) is 1.55. The van der Waals surface area contributed by atoms with Crippen molar-refractivity contribution in [2.75, 3.05) is 29.6 Å². The number of carbonyl (C=O) groups excluding carboxylic acids is 3. The molecule has 0 saturated carbocycles. The first kappa shape index (κ1) is 19.9. The molecule has 0 saturated heterocycles. The summed E-state index contributed by atoms with van der Waals surface area (Å²) in [6.45, 7) is 0.0239. The topological polar surface area (TPSA) is 90.9 Å². The fourth-order valence-corrected chi connectivity index (χ4v) is 3.58. The zero-order chi connectivity index (χ0) is 20.1. The van der Waals surface area contributed by atoms with Crippen LogP contribution in [0.2, 0.25) is 5.02 Å². The Kier molecular flexibility index (Phi) is 6.33. The molecule has 0 spiro atoms. The van der Waals surface area contributed by atoms with Crippen LogP contribution < -0.4 is 15.5 Å². The summed E-state index contributed by atoms with van der Waals surface area (Å²) < 4.78 is 0. The molecule has 9 heteroatoms. The summed E-state index contributed by atoms with van der Waals surface area (Å²) in [4.78, 5) is 41.6. The fraction of sp³-hybridized carbons (Fsp3) is 0.158. The van der Waals surface area contributed by atoms with E-state index < -0.39 is 0 Å². The molecule has 0 unspecified atom stereocenters. The predicted molar refractivity (Wildman–Crippen MR) is 112 cm³/mol. The van der Waals surface area contributed by atoms with Gasteiger partial charge in [-0.15, -0.1) is 0 Å². The molecule has 2 N–H and O–H groups in total. The second kappa shape index (κ2) is 8.90. The second-order valence-electron chi connectivity index (χ2n) is 5.77. The maximum atomic E-state index is 12.2. The van der Waals surface area contributed by atoms with Crippen LogP contribution in [0.4, 0.5) is 11.4 Å². The molecule has 2 aromatic rings. The third kappa shape index (κ3) is 4.52. The average Bonchev–Trinajstić information content (AvgIpc) is 3.07. The zero-order valence-corrected chi connectivity index (χ0v) is 16.5. The Morgan fingerprint density at radius 2 is 1.89 bits per heavy atom. The minimum absolute atomic E-state index is 0.0239. The van der Waals surface area contributed by atoms with Crippen LogP contribution in [0.15, 0.2) is 53.5 Å². The van der Waals surface area contributed by atoms with E-state index in [1.54, 1.807) is 55.6 Å². The third-order valence-electron chi connectivity index (χ3n) is 3.87. The van der Waals surface area contributed by atoms with Gasteiger partial charge in [-0.1, -0.05) is 35.5 Å². The Morgan fingerprint density at radius 3 is 2.57 bits per heavy atom. The number of thioether (sulfide) groups is 1. The second-order valence-corrected chi connectivity index (χ2v) is 7.12. The number of hydrogen-bond donors (Lipinski definition) is 2. The highest BCUT2D eigenvalue weighted by Crippen LogP contribution is 2.30. The number of amides is 3. The number of halogens is 1. The highest BCUT2D eigenvalue weighted by atomic mass is 35.5. The summed E-state index contributed by atoms with van der Waals surface area (Å²) in [6.07, 6.45) is 0. The Labute approximate surface area is 171 Å². The van der Waals surface area contributed by atoms with Crippen LogP contribution in [0.5, 0.6) is 0 Å². The summed E-state index contributed by atoms with van der Waals surface area (Å²) in [5.41, 5.74) is 1.62. The largest absolute Gasteiger partial charge is 0.355 e. The number of carbonyl (C=O) groups is 3. The van der Waals surface area contributed by atoms with E-state index in [4.69, 9.17) is 11.6 Å². The standard InChI is InChI=1S/C19H17ClN4O3S/c1-21-18(27)12-6-8-13(9-7-12)23-16(25)11-28-19-22-10-17(26)24(19)15-5-3-2-4-14(15)20/h2-9H,10-11H2,1H3,(H,21,27)(H,23,25). The lowest BCUT2D eigenvalue weighted by Gasteiger charge is -2.19. The van der Waals surface area contributed by atoms with Gasteiger partial charge in [-0.2, -0.15) is 0 Å². The van der Waals surface area contributed by atoms with Crippen LogP contribution in [0.3, 0.4) is 0 Å². The molecule has 1 heterocycles. The molecule has 1 aliphatic heterocycles. The van der Waals surface area contributed by atoms with E-state index in [-0.39, 0.29) is 30.0 Å². The van der Waals surface area contributed by atoms with Gasteiger partial charge in [0.15, 0.2) is 5.17 Å². The van der Waals surface area contributed by atoms with Crippen LogP contribution >= 0.6 is 23.4 Å². The van der Waals surface area contributed by atoms with Crippen molar-refractivity contribution in [3.05, 3.63) is 59.1 Å². The van der Waals surface area contributed by atoms with Crippen molar-refractivity contribution in [3.63, 3.8) is 0 Å². The lowest BCUT2D eigenvalue weighted by Crippen LogP contribution is -2.31. The van der Waals surface area contributed by atoms with Crippen LogP contribution in [-0.4, -0.2) is 42.2 Å². The Balaban J connectivity index is 1.60. The normalized spacial score (nSPS) is 13.3. The predicted octanol–water partition coefficient (Wildman–Crippen LogP) is 2.77. The summed E-state index contributed by atoms with van der Waals surface area (Å²) >= 11 is 7.34. The van der Waals surface area contributed by atoms with Crippen molar-refractivity contribution in [3.8, 4) is 0 Å². The molecule has 2 aromatic carbocycles. The molecule has 1 aliphatic rings. The van der Waals surface area contributed by atoms with Gasteiger partial charge in [-0.3, -0.25) is 24.3 Å². The van der Waals surface area contributed by atoms with Crippen molar-refractivity contribution in [1.29, 1.82) is 0 Å².